The predicted molar refractivity (Wildman–Crippen MR) is 102 cm³/mol. The number of hydrogen-bond acceptors (Lipinski definition) is 2. The first-order valence-electron chi connectivity index (χ1n) is 8.83. The van der Waals surface area contributed by atoms with Crippen molar-refractivity contribution >= 4 is 5.97 Å². The number of aryl methyl sites for hydroxylation is 1. The first-order valence-corrected chi connectivity index (χ1v) is 8.83. The molecule has 0 bridgehead atoms. The summed E-state index contributed by atoms with van der Waals surface area (Å²) >= 11 is 0. The summed E-state index contributed by atoms with van der Waals surface area (Å²) < 4.78 is 31.8. The summed E-state index contributed by atoms with van der Waals surface area (Å²) in [7, 11) is 0. The third-order valence-corrected chi connectivity index (χ3v) is 4.84. The highest BCUT2D eigenvalue weighted by Gasteiger charge is 2.52. The number of benzene rings is 1. The topological polar surface area (TPSA) is 26.3 Å². The third-order valence-electron chi connectivity index (χ3n) is 4.84. The SMILES string of the molecule is C=C.C=CC(C)(C)CC(C)(C)C1C(=O)O[C@@H]1CCc1cc(F)cc(F)c1. The van der Waals surface area contributed by atoms with Gasteiger partial charge in [0.05, 0.1) is 5.92 Å². The maximum Gasteiger partial charge on any atom is 0.313 e. The summed E-state index contributed by atoms with van der Waals surface area (Å²) in [4.78, 5) is 12.0. The van der Waals surface area contributed by atoms with Gasteiger partial charge in [-0.05, 0) is 47.8 Å². The van der Waals surface area contributed by atoms with Crippen molar-refractivity contribution in [2.45, 2.75) is 53.1 Å². The molecule has 0 N–H and O–H groups in total. The van der Waals surface area contributed by atoms with E-state index < -0.39 is 11.6 Å². The molecular weight excluding hydrogens is 334 g/mol. The van der Waals surface area contributed by atoms with Crippen LogP contribution in [0.25, 0.3) is 0 Å². The molecule has 1 aromatic rings. The van der Waals surface area contributed by atoms with Crippen molar-refractivity contribution in [2.24, 2.45) is 16.7 Å². The van der Waals surface area contributed by atoms with Gasteiger partial charge in [-0.25, -0.2) is 8.78 Å². The van der Waals surface area contributed by atoms with E-state index in [4.69, 9.17) is 4.74 Å². The van der Waals surface area contributed by atoms with Crippen LogP contribution in [0.3, 0.4) is 0 Å². The fourth-order valence-corrected chi connectivity index (χ4v) is 3.84. The fourth-order valence-electron chi connectivity index (χ4n) is 3.84. The second-order valence-corrected chi connectivity index (χ2v) is 8.13. The van der Waals surface area contributed by atoms with Gasteiger partial charge in [0.25, 0.3) is 0 Å². The van der Waals surface area contributed by atoms with E-state index in [1.54, 1.807) is 0 Å². The normalized spacial score (nSPS) is 19.7. The number of ether oxygens (including phenoxy) is 1. The molecule has 1 unspecified atom stereocenters. The molecular formula is C22H30F2O2. The van der Waals surface area contributed by atoms with Crippen molar-refractivity contribution in [3.05, 3.63) is 61.2 Å². The van der Waals surface area contributed by atoms with Crippen LogP contribution in [0, 0.1) is 28.4 Å². The zero-order valence-electron chi connectivity index (χ0n) is 16.3. The van der Waals surface area contributed by atoms with Crippen LogP contribution < -0.4 is 0 Å². The lowest BCUT2D eigenvalue weighted by Gasteiger charge is -2.47. The van der Waals surface area contributed by atoms with Crippen LogP contribution in [0.4, 0.5) is 8.78 Å². The zero-order valence-corrected chi connectivity index (χ0v) is 16.3. The Morgan fingerprint density at radius 3 is 2.12 bits per heavy atom. The summed E-state index contributed by atoms with van der Waals surface area (Å²) in [6.45, 7) is 18.2. The van der Waals surface area contributed by atoms with Gasteiger partial charge >= 0.3 is 5.97 Å². The predicted octanol–water partition coefficient (Wildman–Crippen LogP) is 5.87. The molecule has 1 heterocycles. The number of rotatable bonds is 7. The van der Waals surface area contributed by atoms with Crippen LogP contribution in [-0.4, -0.2) is 12.1 Å². The number of carbonyl (C=O) groups is 1. The van der Waals surface area contributed by atoms with Crippen molar-refractivity contribution in [3.63, 3.8) is 0 Å². The minimum Gasteiger partial charge on any atom is -0.461 e. The van der Waals surface area contributed by atoms with Crippen molar-refractivity contribution in [1.29, 1.82) is 0 Å². The van der Waals surface area contributed by atoms with Crippen LogP contribution in [0.2, 0.25) is 0 Å². The van der Waals surface area contributed by atoms with Crippen LogP contribution in [0.15, 0.2) is 44.0 Å². The van der Waals surface area contributed by atoms with Crippen LogP contribution in [0.5, 0.6) is 0 Å². The summed E-state index contributed by atoms with van der Waals surface area (Å²) in [5.41, 5.74) is 0.277. The second kappa shape index (κ2) is 8.61. The van der Waals surface area contributed by atoms with Gasteiger partial charge in [-0.1, -0.05) is 33.8 Å². The molecule has 0 saturated carbocycles. The molecule has 1 aromatic carbocycles. The molecule has 1 fully saturated rings. The van der Waals surface area contributed by atoms with Gasteiger partial charge in [0.2, 0.25) is 0 Å². The van der Waals surface area contributed by atoms with E-state index in [2.05, 4.69) is 47.4 Å². The lowest BCUT2D eigenvalue weighted by Crippen LogP contribution is -2.53. The Morgan fingerprint density at radius 1 is 1.12 bits per heavy atom. The third kappa shape index (κ3) is 5.52. The first-order chi connectivity index (χ1) is 12.0. The van der Waals surface area contributed by atoms with Gasteiger partial charge in [0, 0.05) is 6.07 Å². The maximum atomic E-state index is 13.3. The van der Waals surface area contributed by atoms with Gasteiger partial charge in [-0.3, -0.25) is 4.79 Å². The number of cyclic esters (lactones) is 1. The van der Waals surface area contributed by atoms with Crippen LogP contribution in [-0.2, 0) is 16.0 Å². The quantitative estimate of drug-likeness (QED) is 0.447. The molecule has 2 nitrogen and oxygen atoms in total. The number of halogens is 2. The zero-order chi connectivity index (χ0) is 20.1. The van der Waals surface area contributed by atoms with E-state index >= 15 is 0 Å². The van der Waals surface area contributed by atoms with Crippen molar-refractivity contribution in [2.75, 3.05) is 0 Å². The minimum atomic E-state index is -0.583. The Hall–Kier alpha value is -1.97. The molecule has 2 rings (SSSR count). The smallest absolute Gasteiger partial charge is 0.313 e. The Labute approximate surface area is 155 Å². The van der Waals surface area contributed by atoms with Gasteiger partial charge in [-0.2, -0.15) is 0 Å². The molecule has 0 radical (unpaired) electrons. The molecule has 0 aliphatic carbocycles. The number of carbonyl (C=O) groups excluding carboxylic acids is 1. The fraction of sp³-hybridized carbons (Fsp3) is 0.500. The largest absolute Gasteiger partial charge is 0.461 e. The van der Waals surface area contributed by atoms with E-state index in [1.807, 2.05) is 6.08 Å². The number of hydrogen-bond donors (Lipinski definition) is 0. The van der Waals surface area contributed by atoms with Gasteiger partial charge in [0.15, 0.2) is 0 Å². The molecule has 4 heteroatoms. The molecule has 0 spiro atoms. The van der Waals surface area contributed by atoms with Crippen molar-refractivity contribution in [3.8, 4) is 0 Å². The van der Waals surface area contributed by atoms with Gasteiger partial charge < -0.3 is 4.74 Å². The Bertz CT molecular complexity index is 629. The summed E-state index contributed by atoms with van der Waals surface area (Å²) in [6.07, 6.45) is 3.55. The van der Waals surface area contributed by atoms with Crippen LogP contribution in [0.1, 0.15) is 46.1 Å². The van der Waals surface area contributed by atoms with Crippen LogP contribution >= 0.6 is 0 Å². The molecule has 26 heavy (non-hydrogen) atoms. The highest BCUT2D eigenvalue weighted by molar-refractivity contribution is 5.79. The number of esters is 1. The van der Waals surface area contributed by atoms with Crippen molar-refractivity contribution < 1.29 is 18.3 Å². The van der Waals surface area contributed by atoms with E-state index in [0.29, 0.717) is 18.4 Å². The molecule has 2 atom stereocenters. The van der Waals surface area contributed by atoms with Gasteiger partial charge in [0.1, 0.15) is 17.7 Å². The summed E-state index contributed by atoms with van der Waals surface area (Å²) in [5.74, 6) is -1.55. The van der Waals surface area contributed by atoms with E-state index in [1.165, 1.54) is 12.1 Å². The minimum absolute atomic E-state index is 0.0738. The highest BCUT2D eigenvalue weighted by Crippen LogP contribution is 2.47. The summed E-state index contributed by atoms with van der Waals surface area (Å²) in [6, 6.07) is 3.51. The lowest BCUT2D eigenvalue weighted by atomic mass is 9.64. The van der Waals surface area contributed by atoms with Gasteiger partial charge in [-0.15, -0.1) is 19.7 Å². The Balaban J connectivity index is 0.00000163. The monoisotopic (exact) mass is 364 g/mol. The standard InChI is InChI=1S/C20H26F2O2.C2H4/c1-6-19(2,3)12-20(4,5)17-16(24-18(17)23)8-7-13-9-14(21)11-15(22)10-13;1-2/h6,9-11,16-17H,1,7-8,12H2,2-5H3;1-2H2/t16-,17?;/m1./s1. The van der Waals surface area contributed by atoms with E-state index in [9.17, 15) is 13.6 Å². The second-order valence-electron chi connectivity index (χ2n) is 8.13. The average molecular weight is 364 g/mol. The number of allylic oxidation sites excluding steroid dienone is 1. The molecule has 0 amide bonds. The van der Waals surface area contributed by atoms with Crippen molar-refractivity contribution in [1.82, 2.24) is 0 Å². The Morgan fingerprint density at radius 2 is 1.65 bits per heavy atom. The molecule has 0 aromatic heterocycles. The molecule has 144 valence electrons. The lowest BCUT2D eigenvalue weighted by molar-refractivity contribution is -0.199. The molecule has 1 aliphatic heterocycles. The van der Waals surface area contributed by atoms with E-state index in [-0.39, 0.29) is 28.8 Å². The first kappa shape index (κ1) is 22.1. The molecule has 1 aliphatic rings. The molecule has 1 saturated heterocycles. The summed E-state index contributed by atoms with van der Waals surface area (Å²) in [5, 5.41) is 0. The Kier molecular flexibility index (Phi) is 7.31. The average Bonchev–Trinajstić information content (AvgIpc) is 2.50. The highest BCUT2D eigenvalue weighted by atomic mass is 19.1. The van der Waals surface area contributed by atoms with E-state index in [0.717, 1.165) is 12.5 Å². The maximum absolute atomic E-state index is 13.3.